The maximum atomic E-state index is 11.4. The molecule has 1 spiro atoms. The normalized spacial score (nSPS) is 24.0. The van der Waals surface area contributed by atoms with Crippen molar-refractivity contribution >= 4 is 18.0 Å². The lowest BCUT2D eigenvalue weighted by Crippen LogP contribution is -2.39. The molecule has 0 aliphatic carbocycles. The highest BCUT2D eigenvalue weighted by molar-refractivity contribution is 8.00. The van der Waals surface area contributed by atoms with Crippen molar-refractivity contribution in [3.8, 4) is 0 Å². The zero-order chi connectivity index (χ0) is 22.5. The van der Waals surface area contributed by atoms with Crippen LogP contribution in [0.5, 0.6) is 0 Å². The number of hydrogen-bond donors (Lipinski definition) is 0. The summed E-state index contributed by atoms with van der Waals surface area (Å²) in [5, 5.41) is 0.231. The number of carbonyl (C=O) groups is 1. The van der Waals surface area contributed by atoms with Crippen LogP contribution in [0.2, 0.25) is 0 Å². The molecule has 3 unspecified atom stereocenters. The van der Waals surface area contributed by atoms with Crippen LogP contribution in [-0.4, -0.2) is 24.2 Å². The van der Waals surface area contributed by atoms with Gasteiger partial charge in [-0.05, 0) is 29.2 Å². The Labute approximate surface area is 199 Å². The van der Waals surface area contributed by atoms with Crippen molar-refractivity contribution < 1.29 is 19.0 Å². The molecular weight excluding hydrogens is 432 g/mol. The summed E-state index contributed by atoms with van der Waals surface area (Å²) in [5.41, 5.74) is 5.28. The Hall–Kier alpha value is -2.44. The molecule has 5 heteroatoms. The third-order valence-corrected chi connectivity index (χ3v) is 7.81. The maximum Gasteiger partial charge on any atom is 0.150 e. The molecule has 4 nitrogen and oxygen atoms in total. The Kier molecular flexibility index (Phi) is 6.93. The highest BCUT2D eigenvalue weighted by atomic mass is 32.2. The minimum Gasteiger partial charge on any atom is -0.376 e. The van der Waals surface area contributed by atoms with Gasteiger partial charge in [-0.2, -0.15) is 0 Å². The number of benzene rings is 3. The van der Waals surface area contributed by atoms with Crippen LogP contribution in [0.1, 0.15) is 45.5 Å². The number of aldehydes is 1. The topological polar surface area (TPSA) is 44.8 Å². The van der Waals surface area contributed by atoms with E-state index in [4.69, 9.17) is 14.2 Å². The van der Waals surface area contributed by atoms with Crippen molar-refractivity contribution in [1.29, 1.82) is 0 Å². The second-order valence-electron chi connectivity index (χ2n) is 8.68. The summed E-state index contributed by atoms with van der Waals surface area (Å²) in [6.45, 7) is 2.35. The lowest BCUT2D eigenvalue weighted by Gasteiger charge is -2.41. The summed E-state index contributed by atoms with van der Waals surface area (Å²) in [4.78, 5) is 10.9. The van der Waals surface area contributed by atoms with Crippen LogP contribution in [0.4, 0.5) is 0 Å². The molecule has 170 valence electrons. The van der Waals surface area contributed by atoms with Crippen LogP contribution < -0.4 is 0 Å². The average Bonchev–Trinajstić information content (AvgIpc) is 3.20. The third kappa shape index (κ3) is 5.22. The molecule has 33 heavy (non-hydrogen) atoms. The molecule has 2 heterocycles. The van der Waals surface area contributed by atoms with Crippen molar-refractivity contribution in [3.63, 3.8) is 0 Å². The first kappa shape index (κ1) is 22.4. The Balaban J connectivity index is 1.33. The largest absolute Gasteiger partial charge is 0.376 e. The average molecular weight is 461 g/mol. The molecular formula is C28H28O4S. The Morgan fingerprint density at radius 3 is 2.42 bits per heavy atom. The van der Waals surface area contributed by atoms with Crippen molar-refractivity contribution in [1.82, 2.24) is 0 Å². The quantitative estimate of drug-likeness (QED) is 0.393. The van der Waals surface area contributed by atoms with Gasteiger partial charge in [0.25, 0.3) is 0 Å². The van der Waals surface area contributed by atoms with Gasteiger partial charge < -0.3 is 14.2 Å². The van der Waals surface area contributed by atoms with Gasteiger partial charge in [-0.1, -0.05) is 72.8 Å². The monoisotopic (exact) mass is 460 g/mol. The van der Waals surface area contributed by atoms with Gasteiger partial charge in [0.05, 0.1) is 32.5 Å². The van der Waals surface area contributed by atoms with E-state index in [-0.39, 0.29) is 11.4 Å². The van der Waals surface area contributed by atoms with Gasteiger partial charge in [0.2, 0.25) is 0 Å². The summed E-state index contributed by atoms with van der Waals surface area (Å²) in [5.74, 6) is 0. The van der Waals surface area contributed by atoms with Crippen LogP contribution in [0, 0.1) is 0 Å². The fourth-order valence-corrected chi connectivity index (χ4v) is 6.37. The first-order valence-corrected chi connectivity index (χ1v) is 12.3. The predicted molar refractivity (Wildman–Crippen MR) is 130 cm³/mol. The number of thioether (sulfide) groups is 1. The summed E-state index contributed by atoms with van der Waals surface area (Å²) >= 11 is 1.82. The van der Waals surface area contributed by atoms with Crippen LogP contribution in [0.15, 0.2) is 78.9 Å². The Bertz CT molecular complexity index is 1070. The summed E-state index contributed by atoms with van der Waals surface area (Å²) in [6.07, 6.45) is 2.61. The van der Waals surface area contributed by atoms with Gasteiger partial charge in [0.1, 0.15) is 11.2 Å². The van der Waals surface area contributed by atoms with Crippen molar-refractivity contribution in [2.24, 2.45) is 0 Å². The zero-order valence-corrected chi connectivity index (χ0v) is 19.3. The van der Waals surface area contributed by atoms with Gasteiger partial charge in [0.15, 0.2) is 0 Å². The lowest BCUT2D eigenvalue weighted by atomic mass is 9.96. The van der Waals surface area contributed by atoms with Gasteiger partial charge >= 0.3 is 0 Å². The molecule has 3 aromatic carbocycles. The van der Waals surface area contributed by atoms with E-state index in [1.54, 1.807) is 0 Å². The molecule has 1 saturated heterocycles. The minimum atomic E-state index is -0.505. The second kappa shape index (κ2) is 10.2. The first-order chi connectivity index (χ1) is 16.2. The number of rotatable bonds is 8. The minimum absolute atomic E-state index is 0.0441. The molecule has 3 atom stereocenters. The first-order valence-electron chi connectivity index (χ1n) is 11.4. The fraction of sp³-hybridized carbons (Fsp3) is 0.321. The van der Waals surface area contributed by atoms with E-state index < -0.39 is 4.93 Å². The van der Waals surface area contributed by atoms with Gasteiger partial charge in [-0.15, -0.1) is 11.8 Å². The summed E-state index contributed by atoms with van der Waals surface area (Å²) in [7, 11) is 0. The van der Waals surface area contributed by atoms with E-state index in [0.29, 0.717) is 32.0 Å². The molecule has 0 saturated carbocycles. The van der Waals surface area contributed by atoms with Crippen LogP contribution in [0.3, 0.4) is 0 Å². The van der Waals surface area contributed by atoms with E-state index in [9.17, 15) is 4.79 Å². The number of hydrogen-bond acceptors (Lipinski definition) is 5. The Morgan fingerprint density at radius 2 is 1.70 bits per heavy atom. The molecule has 0 radical (unpaired) electrons. The molecule has 2 aliphatic heterocycles. The van der Waals surface area contributed by atoms with E-state index in [0.717, 1.165) is 35.8 Å². The Morgan fingerprint density at radius 1 is 0.970 bits per heavy atom. The van der Waals surface area contributed by atoms with E-state index >= 15 is 0 Å². The maximum absolute atomic E-state index is 11.4. The van der Waals surface area contributed by atoms with Crippen molar-refractivity contribution in [2.75, 3.05) is 6.61 Å². The second-order valence-corrected chi connectivity index (χ2v) is 10.2. The summed E-state index contributed by atoms with van der Waals surface area (Å²) in [6, 6.07) is 26.4. The van der Waals surface area contributed by atoms with E-state index in [1.165, 1.54) is 5.56 Å². The zero-order valence-electron chi connectivity index (χ0n) is 18.5. The molecule has 0 aromatic heterocycles. The smallest absolute Gasteiger partial charge is 0.150 e. The highest BCUT2D eigenvalue weighted by Crippen LogP contribution is 2.54. The van der Waals surface area contributed by atoms with E-state index in [1.807, 2.05) is 66.4 Å². The van der Waals surface area contributed by atoms with Crippen LogP contribution >= 0.6 is 11.8 Å². The molecule has 0 bridgehead atoms. The van der Waals surface area contributed by atoms with E-state index in [2.05, 4.69) is 24.3 Å². The van der Waals surface area contributed by atoms with Crippen LogP contribution in [0.25, 0.3) is 0 Å². The molecule has 0 amide bonds. The predicted octanol–water partition coefficient (Wildman–Crippen LogP) is 5.88. The van der Waals surface area contributed by atoms with Gasteiger partial charge in [-0.3, -0.25) is 4.79 Å². The van der Waals surface area contributed by atoms with Crippen molar-refractivity contribution in [3.05, 3.63) is 107 Å². The summed E-state index contributed by atoms with van der Waals surface area (Å²) < 4.78 is 19.0. The lowest BCUT2D eigenvalue weighted by molar-refractivity contribution is -0.0495. The molecule has 1 fully saturated rings. The molecule has 5 rings (SSSR count). The molecule has 3 aromatic rings. The SMILES string of the molecule is O=Cc1ccc2c(c1)C1(CC(OCc3ccccc3)CC(COCc3ccccc3)S1)OC2. The van der Waals surface area contributed by atoms with Gasteiger partial charge in [0, 0.05) is 22.8 Å². The molecule has 0 N–H and O–H groups in total. The fourth-order valence-electron chi connectivity index (χ4n) is 4.63. The standard InChI is InChI=1S/C28H28O4S/c29-16-23-11-12-24-19-32-28(27(24)13-23)15-25(31-18-22-9-5-2-6-10-22)14-26(33-28)20-30-17-21-7-3-1-4-8-21/h1-13,16,25-26H,14-15,17-20H2. The van der Waals surface area contributed by atoms with Gasteiger partial charge in [-0.25, -0.2) is 0 Å². The number of fused-ring (bicyclic) bond motifs is 2. The third-order valence-electron chi connectivity index (χ3n) is 6.26. The highest BCUT2D eigenvalue weighted by Gasteiger charge is 2.48. The number of ether oxygens (including phenoxy) is 3. The van der Waals surface area contributed by atoms with Crippen molar-refractivity contribution in [2.45, 2.75) is 48.9 Å². The van der Waals surface area contributed by atoms with Crippen LogP contribution in [-0.2, 0) is 39.0 Å². The number of carbonyl (C=O) groups excluding carboxylic acids is 1. The molecule has 2 aliphatic rings.